The normalized spacial score (nSPS) is 12.9. The average molecular weight is 383 g/mol. The fraction of sp³-hybridized carbons (Fsp3) is 0. The first kappa shape index (κ1) is 18.4. The summed E-state index contributed by atoms with van der Waals surface area (Å²) in [5, 5.41) is 21.9. The molecule has 1 heterocycles. The topological polar surface area (TPSA) is 150 Å². The molecule has 0 atom stereocenters. The summed E-state index contributed by atoms with van der Waals surface area (Å²) >= 11 is 0. The summed E-state index contributed by atoms with van der Waals surface area (Å²) in [7, 11) is 0. The summed E-state index contributed by atoms with van der Waals surface area (Å²) in [6.45, 7) is 0. The van der Waals surface area contributed by atoms with Gasteiger partial charge in [0.15, 0.2) is 0 Å². The summed E-state index contributed by atoms with van der Waals surface area (Å²) in [5.74, 6) is -2.13. The van der Waals surface area contributed by atoms with E-state index in [1.54, 1.807) is 0 Å². The molecule has 0 radical (unpaired) electrons. The molecule has 11 heteroatoms. The molecule has 1 aliphatic rings. The molecule has 11 nitrogen and oxygen atoms in total. The fourth-order valence-electron chi connectivity index (χ4n) is 2.44. The molecule has 2 aromatic rings. The number of esters is 1. The van der Waals surface area contributed by atoms with E-state index in [0.717, 1.165) is 29.2 Å². The van der Waals surface area contributed by atoms with Crippen molar-refractivity contribution in [3.63, 3.8) is 0 Å². The largest absolute Gasteiger partial charge is 0.423 e. The Morgan fingerprint density at radius 1 is 0.893 bits per heavy atom. The third-order valence-corrected chi connectivity index (χ3v) is 3.72. The van der Waals surface area contributed by atoms with Gasteiger partial charge in [-0.1, -0.05) is 0 Å². The van der Waals surface area contributed by atoms with Gasteiger partial charge in [0.2, 0.25) is 0 Å². The van der Waals surface area contributed by atoms with E-state index >= 15 is 0 Å². The highest BCUT2D eigenvalue weighted by Gasteiger charge is 2.27. The van der Waals surface area contributed by atoms with Gasteiger partial charge < -0.3 is 4.74 Å². The first-order valence-electron chi connectivity index (χ1n) is 7.59. The Bertz CT molecular complexity index is 1040. The van der Waals surface area contributed by atoms with Gasteiger partial charge in [-0.15, -0.1) is 0 Å². The third-order valence-electron chi connectivity index (χ3n) is 3.72. The molecule has 0 spiro atoms. The number of carbonyl (C=O) groups excluding carboxylic acids is 3. The van der Waals surface area contributed by atoms with Crippen LogP contribution in [0.5, 0.6) is 5.75 Å². The van der Waals surface area contributed by atoms with Crippen LogP contribution in [0.1, 0.15) is 10.4 Å². The summed E-state index contributed by atoms with van der Waals surface area (Å²) in [4.78, 5) is 56.5. The van der Waals surface area contributed by atoms with Crippen molar-refractivity contribution in [2.45, 2.75) is 0 Å². The van der Waals surface area contributed by atoms with Gasteiger partial charge in [-0.3, -0.25) is 29.8 Å². The van der Waals surface area contributed by atoms with Gasteiger partial charge in [0, 0.05) is 18.2 Å². The molecule has 0 saturated carbocycles. The van der Waals surface area contributed by atoms with Crippen LogP contribution in [-0.2, 0) is 9.59 Å². The lowest BCUT2D eigenvalue weighted by Crippen LogP contribution is -2.29. The predicted octanol–water partition coefficient (Wildman–Crippen LogP) is 2.15. The number of anilines is 1. The molecule has 0 bridgehead atoms. The molecule has 0 aliphatic carbocycles. The number of hydrogen-bond acceptors (Lipinski definition) is 8. The summed E-state index contributed by atoms with van der Waals surface area (Å²) in [6, 6.07) is 7.85. The summed E-state index contributed by atoms with van der Waals surface area (Å²) < 4.78 is 5.05. The van der Waals surface area contributed by atoms with Crippen molar-refractivity contribution >= 4 is 34.8 Å². The van der Waals surface area contributed by atoms with E-state index in [0.29, 0.717) is 6.07 Å². The molecule has 0 saturated heterocycles. The molecular formula is C17H9N3O8. The molecule has 2 aromatic carbocycles. The Balaban J connectivity index is 1.82. The van der Waals surface area contributed by atoms with E-state index in [1.165, 1.54) is 24.3 Å². The van der Waals surface area contributed by atoms with Gasteiger partial charge in [-0.05, 0) is 30.3 Å². The number of hydrogen-bond donors (Lipinski definition) is 0. The van der Waals surface area contributed by atoms with Crippen LogP contribution in [0, 0.1) is 20.2 Å². The zero-order valence-corrected chi connectivity index (χ0v) is 13.8. The number of amides is 2. The molecular weight excluding hydrogens is 374 g/mol. The van der Waals surface area contributed by atoms with Crippen LogP contribution >= 0.6 is 0 Å². The first-order valence-corrected chi connectivity index (χ1v) is 7.59. The lowest BCUT2D eigenvalue weighted by molar-refractivity contribution is -0.394. The fourth-order valence-corrected chi connectivity index (χ4v) is 2.44. The number of nitro benzene ring substituents is 2. The second-order valence-electron chi connectivity index (χ2n) is 5.44. The van der Waals surface area contributed by atoms with Gasteiger partial charge in [0.05, 0.1) is 21.6 Å². The highest BCUT2D eigenvalue weighted by Crippen LogP contribution is 2.27. The van der Waals surface area contributed by atoms with Gasteiger partial charge in [0.1, 0.15) is 11.3 Å². The van der Waals surface area contributed by atoms with Crippen molar-refractivity contribution in [2.75, 3.05) is 4.90 Å². The molecule has 0 unspecified atom stereocenters. The van der Waals surface area contributed by atoms with Crippen LogP contribution in [0.25, 0.3) is 0 Å². The number of nitro groups is 2. The second-order valence-corrected chi connectivity index (χ2v) is 5.44. The first-order chi connectivity index (χ1) is 13.3. The standard InChI is InChI=1S/C17H9N3O8/c21-15-7-8-16(22)18(15)10-1-4-12(5-2-10)28-17(23)13-6-3-11(19(24)25)9-14(13)20(26)27/h1-9H. The van der Waals surface area contributed by atoms with Crippen molar-refractivity contribution in [3.8, 4) is 5.75 Å². The summed E-state index contributed by atoms with van der Waals surface area (Å²) in [5.41, 5.74) is -1.52. The van der Waals surface area contributed by atoms with E-state index < -0.39 is 44.6 Å². The molecule has 0 aromatic heterocycles. The number of rotatable bonds is 5. The smallest absolute Gasteiger partial charge is 0.350 e. The van der Waals surface area contributed by atoms with Crippen molar-refractivity contribution in [1.29, 1.82) is 0 Å². The highest BCUT2D eigenvalue weighted by molar-refractivity contribution is 6.28. The molecule has 2 amide bonds. The maximum atomic E-state index is 12.2. The Hall–Kier alpha value is -4.41. The second kappa shape index (κ2) is 7.07. The molecule has 1 aliphatic heterocycles. The minimum absolute atomic E-state index is 0.00606. The van der Waals surface area contributed by atoms with Gasteiger partial charge in [-0.2, -0.15) is 0 Å². The number of imide groups is 1. The lowest BCUT2D eigenvalue weighted by atomic mass is 10.1. The van der Waals surface area contributed by atoms with E-state index in [1.807, 2.05) is 0 Å². The van der Waals surface area contributed by atoms with Gasteiger partial charge >= 0.3 is 5.97 Å². The van der Waals surface area contributed by atoms with Crippen LogP contribution in [0.2, 0.25) is 0 Å². The maximum Gasteiger partial charge on any atom is 0.350 e. The van der Waals surface area contributed by atoms with Gasteiger partial charge in [0.25, 0.3) is 23.2 Å². The Kier molecular flexibility index (Phi) is 4.64. The molecule has 0 N–H and O–H groups in total. The van der Waals surface area contributed by atoms with Crippen LogP contribution < -0.4 is 9.64 Å². The maximum absolute atomic E-state index is 12.2. The summed E-state index contributed by atoms with van der Waals surface area (Å²) in [6.07, 6.45) is 2.23. The lowest BCUT2D eigenvalue weighted by Gasteiger charge is -2.14. The zero-order chi connectivity index (χ0) is 20.4. The van der Waals surface area contributed by atoms with E-state index in [4.69, 9.17) is 4.74 Å². The van der Waals surface area contributed by atoms with E-state index in [2.05, 4.69) is 0 Å². The predicted molar refractivity (Wildman–Crippen MR) is 92.8 cm³/mol. The molecule has 3 rings (SSSR count). The zero-order valence-electron chi connectivity index (χ0n) is 13.8. The Morgan fingerprint density at radius 2 is 1.50 bits per heavy atom. The van der Waals surface area contributed by atoms with Crippen molar-refractivity contribution in [2.24, 2.45) is 0 Å². The van der Waals surface area contributed by atoms with Crippen molar-refractivity contribution < 1.29 is 29.0 Å². The van der Waals surface area contributed by atoms with Crippen LogP contribution in [0.15, 0.2) is 54.6 Å². The Labute approximate surface area is 155 Å². The van der Waals surface area contributed by atoms with Crippen LogP contribution in [-0.4, -0.2) is 27.6 Å². The molecule has 28 heavy (non-hydrogen) atoms. The van der Waals surface area contributed by atoms with E-state index in [9.17, 15) is 34.6 Å². The number of non-ortho nitro benzene ring substituents is 1. The van der Waals surface area contributed by atoms with E-state index in [-0.39, 0.29) is 11.4 Å². The molecule has 0 fully saturated rings. The highest BCUT2D eigenvalue weighted by atomic mass is 16.6. The van der Waals surface area contributed by atoms with Crippen molar-refractivity contribution in [3.05, 3.63) is 80.4 Å². The quantitative estimate of drug-likeness (QED) is 0.250. The average Bonchev–Trinajstić information content (AvgIpc) is 3.00. The minimum Gasteiger partial charge on any atom is -0.423 e. The van der Waals surface area contributed by atoms with Gasteiger partial charge in [-0.25, -0.2) is 9.69 Å². The van der Waals surface area contributed by atoms with Crippen molar-refractivity contribution in [1.82, 2.24) is 0 Å². The molecule has 140 valence electrons. The number of carbonyl (C=O) groups is 3. The van der Waals surface area contributed by atoms with Crippen LogP contribution in [0.4, 0.5) is 17.1 Å². The Morgan fingerprint density at radius 3 is 2.04 bits per heavy atom. The SMILES string of the molecule is O=C(Oc1ccc(N2C(=O)C=CC2=O)cc1)c1ccc([N+](=O)[O-])cc1[N+](=O)[O-]. The van der Waals surface area contributed by atoms with Crippen LogP contribution in [0.3, 0.4) is 0 Å². The monoisotopic (exact) mass is 383 g/mol. The number of nitrogens with zero attached hydrogens (tertiary/aromatic N) is 3. The third kappa shape index (κ3) is 3.44. The number of ether oxygens (including phenoxy) is 1. The number of benzene rings is 2. The minimum atomic E-state index is -1.09.